The fourth-order valence-corrected chi connectivity index (χ4v) is 2.73. The molecule has 1 N–H and O–H groups in total. The Morgan fingerprint density at radius 1 is 1.56 bits per heavy atom. The number of hydrogen-bond donors (Lipinski definition) is 1. The summed E-state index contributed by atoms with van der Waals surface area (Å²) in [6.07, 6.45) is 4.39. The van der Waals surface area contributed by atoms with E-state index in [-0.39, 0.29) is 17.6 Å². The van der Waals surface area contributed by atoms with Crippen molar-refractivity contribution in [2.75, 3.05) is 19.7 Å². The van der Waals surface area contributed by atoms with Gasteiger partial charge in [-0.1, -0.05) is 0 Å². The zero-order valence-corrected chi connectivity index (χ0v) is 10.2. The number of halogens is 1. The van der Waals surface area contributed by atoms with Gasteiger partial charge < -0.3 is 14.8 Å². The summed E-state index contributed by atoms with van der Waals surface area (Å²) >= 11 is 0. The fraction of sp³-hybridized carbons (Fsp3) is 0.615. The van der Waals surface area contributed by atoms with Gasteiger partial charge in [-0.05, 0) is 31.5 Å². The van der Waals surface area contributed by atoms with Crippen LogP contribution in [-0.4, -0.2) is 36.4 Å². The molecular formula is C13H17FN2O2. The highest BCUT2D eigenvalue weighted by molar-refractivity contribution is 5.13. The zero-order chi connectivity index (χ0) is 12.4. The number of nitrogens with one attached hydrogen (secondary N) is 1. The highest BCUT2D eigenvalue weighted by Crippen LogP contribution is 2.33. The standard InChI is InChI=1S/C13H17FN2O2/c14-11-3-1-6-16-12(11)18-10-7-13(17-8-10)4-2-5-15-9-13/h1,3,6,10,15H,2,4-5,7-9H2/t10-,13+/m0/s1. The number of piperidine rings is 1. The second-order valence-corrected chi connectivity index (χ2v) is 5.01. The maximum absolute atomic E-state index is 13.4. The van der Waals surface area contributed by atoms with Crippen LogP contribution in [0.5, 0.6) is 5.88 Å². The average Bonchev–Trinajstić information content (AvgIpc) is 2.76. The lowest BCUT2D eigenvalue weighted by Crippen LogP contribution is -2.45. The Kier molecular flexibility index (Phi) is 3.18. The van der Waals surface area contributed by atoms with Crippen LogP contribution in [0.4, 0.5) is 4.39 Å². The van der Waals surface area contributed by atoms with Crippen molar-refractivity contribution in [2.24, 2.45) is 0 Å². The van der Waals surface area contributed by atoms with Crippen molar-refractivity contribution in [3.63, 3.8) is 0 Å². The summed E-state index contributed by atoms with van der Waals surface area (Å²) in [4.78, 5) is 3.91. The summed E-state index contributed by atoms with van der Waals surface area (Å²) in [5.74, 6) is -0.341. The summed E-state index contributed by atoms with van der Waals surface area (Å²) in [6, 6.07) is 2.91. The second kappa shape index (κ2) is 4.82. The first-order chi connectivity index (χ1) is 8.77. The highest BCUT2D eigenvalue weighted by atomic mass is 19.1. The van der Waals surface area contributed by atoms with Crippen LogP contribution in [0.25, 0.3) is 0 Å². The number of hydrogen-bond acceptors (Lipinski definition) is 4. The minimum Gasteiger partial charge on any atom is -0.470 e. The molecule has 2 aliphatic heterocycles. The second-order valence-electron chi connectivity index (χ2n) is 5.01. The molecule has 0 saturated carbocycles. The molecule has 0 amide bonds. The minimum atomic E-state index is -0.416. The van der Waals surface area contributed by atoms with Crippen molar-refractivity contribution in [3.8, 4) is 5.88 Å². The molecule has 2 saturated heterocycles. The molecule has 5 heteroatoms. The maximum atomic E-state index is 13.4. The third kappa shape index (κ3) is 2.33. The van der Waals surface area contributed by atoms with Gasteiger partial charge in [0.25, 0.3) is 5.88 Å². The van der Waals surface area contributed by atoms with Crippen LogP contribution in [0.1, 0.15) is 19.3 Å². The molecule has 1 aromatic heterocycles. The van der Waals surface area contributed by atoms with Crippen LogP contribution in [-0.2, 0) is 4.74 Å². The Hall–Kier alpha value is -1.20. The number of nitrogens with zero attached hydrogens (tertiary/aromatic N) is 1. The molecule has 0 aromatic carbocycles. The SMILES string of the molecule is Fc1cccnc1O[C@@H]1CO[C@]2(CCCNC2)C1. The predicted octanol–water partition coefficient (Wildman–Crippen LogP) is 1.51. The first kappa shape index (κ1) is 11.9. The maximum Gasteiger partial charge on any atom is 0.250 e. The fourth-order valence-electron chi connectivity index (χ4n) is 2.73. The molecule has 0 radical (unpaired) electrons. The molecule has 4 nitrogen and oxygen atoms in total. The van der Waals surface area contributed by atoms with E-state index in [9.17, 15) is 4.39 Å². The first-order valence-corrected chi connectivity index (χ1v) is 6.39. The molecule has 1 aromatic rings. The Bertz CT molecular complexity index is 421. The van der Waals surface area contributed by atoms with E-state index >= 15 is 0 Å². The van der Waals surface area contributed by atoms with Crippen molar-refractivity contribution in [2.45, 2.75) is 31.0 Å². The molecule has 2 aliphatic rings. The van der Waals surface area contributed by atoms with Gasteiger partial charge in [0.05, 0.1) is 12.2 Å². The molecule has 2 atom stereocenters. The van der Waals surface area contributed by atoms with Crippen LogP contribution in [0.3, 0.4) is 0 Å². The Morgan fingerprint density at radius 3 is 3.28 bits per heavy atom. The molecule has 0 bridgehead atoms. The first-order valence-electron chi connectivity index (χ1n) is 6.39. The largest absolute Gasteiger partial charge is 0.470 e. The van der Waals surface area contributed by atoms with E-state index in [2.05, 4.69) is 10.3 Å². The van der Waals surface area contributed by atoms with Crippen molar-refractivity contribution < 1.29 is 13.9 Å². The monoisotopic (exact) mass is 252 g/mol. The third-order valence-corrected chi connectivity index (χ3v) is 3.61. The van der Waals surface area contributed by atoms with E-state index in [0.717, 1.165) is 32.4 Å². The van der Waals surface area contributed by atoms with Gasteiger partial charge in [0, 0.05) is 19.2 Å². The van der Waals surface area contributed by atoms with Crippen LogP contribution in [0.15, 0.2) is 18.3 Å². The van der Waals surface area contributed by atoms with Crippen LogP contribution >= 0.6 is 0 Å². The zero-order valence-electron chi connectivity index (χ0n) is 10.2. The molecule has 98 valence electrons. The smallest absolute Gasteiger partial charge is 0.250 e. The number of ether oxygens (including phenoxy) is 2. The number of rotatable bonds is 2. The third-order valence-electron chi connectivity index (χ3n) is 3.61. The van der Waals surface area contributed by atoms with Crippen molar-refractivity contribution in [1.82, 2.24) is 10.3 Å². The lowest BCUT2D eigenvalue weighted by molar-refractivity contribution is -0.0154. The van der Waals surface area contributed by atoms with E-state index < -0.39 is 5.82 Å². The Labute approximate surface area is 106 Å². The summed E-state index contributed by atoms with van der Waals surface area (Å²) in [5.41, 5.74) is -0.117. The van der Waals surface area contributed by atoms with E-state index in [1.165, 1.54) is 12.3 Å². The molecule has 18 heavy (non-hydrogen) atoms. The molecule has 0 unspecified atom stereocenters. The predicted molar refractivity (Wildman–Crippen MR) is 64.0 cm³/mol. The van der Waals surface area contributed by atoms with Gasteiger partial charge in [0.2, 0.25) is 0 Å². The van der Waals surface area contributed by atoms with Gasteiger partial charge in [0.1, 0.15) is 6.10 Å². The number of aromatic nitrogens is 1. The Morgan fingerprint density at radius 2 is 2.50 bits per heavy atom. The summed E-state index contributed by atoms with van der Waals surface area (Å²) in [5, 5.41) is 3.34. The van der Waals surface area contributed by atoms with Gasteiger partial charge in [-0.15, -0.1) is 0 Å². The van der Waals surface area contributed by atoms with Crippen molar-refractivity contribution in [3.05, 3.63) is 24.1 Å². The van der Waals surface area contributed by atoms with Gasteiger partial charge in [0.15, 0.2) is 5.82 Å². The minimum absolute atomic E-state index is 0.0759. The summed E-state index contributed by atoms with van der Waals surface area (Å²) in [6.45, 7) is 2.42. The molecule has 3 heterocycles. The Balaban J connectivity index is 1.64. The average molecular weight is 252 g/mol. The lowest BCUT2D eigenvalue weighted by Gasteiger charge is -2.32. The lowest BCUT2D eigenvalue weighted by atomic mass is 9.90. The topological polar surface area (TPSA) is 43.4 Å². The van der Waals surface area contributed by atoms with E-state index in [0.29, 0.717) is 6.61 Å². The van der Waals surface area contributed by atoms with Crippen molar-refractivity contribution in [1.29, 1.82) is 0 Å². The summed E-state index contributed by atoms with van der Waals surface area (Å²) < 4.78 is 24.9. The van der Waals surface area contributed by atoms with Gasteiger partial charge >= 0.3 is 0 Å². The quantitative estimate of drug-likeness (QED) is 0.866. The summed E-state index contributed by atoms with van der Waals surface area (Å²) in [7, 11) is 0. The van der Waals surface area contributed by atoms with Crippen LogP contribution in [0.2, 0.25) is 0 Å². The van der Waals surface area contributed by atoms with Crippen LogP contribution in [0, 0.1) is 5.82 Å². The molecule has 2 fully saturated rings. The van der Waals surface area contributed by atoms with Crippen molar-refractivity contribution >= 4 is 0 Å². The van der Waals surface area contributed by atoms with Gasteiger partial charge in [-0.25, -0.2) is 9.37 Å². The van der Waals surface area contributed by atoms with E-state index in [1.807, 2.05) is 0 Å². The number of pyridine rings is 1. The highest BCUT2D eigenvalue weighted by Gasteiger charge is 2.42. The normalized spacial score (nSPS) is 31.7. The molecular weight excluding hydrogens is 235 g/mol. The molecule has 1 spiro atoms. The van der Waals surface area contributed by atoms with Gasteiger partial charge in [-0.3, -0.25) is 0 Å². The van der Waals surface area contributed by atoms with E-state index in [4.69, 9.17) is 9.47 Å². The molecule has 3 rings (SSSR count). The van der Waals surface area contributed by atoms with Crippen LogP contribution < -0.4 is 10.1 Å². The van der Waals surface area contributed by atoms with E-state index in [1.54, 1.807) is 6.07 Å². The molecule has 0 aliphatic carbocycles. The van der Waals surface area contributed by atoms with Gasteiger partial charge in [-0.2, -0.15) is 0 Å².